The molecule has 0 bridgehead atoms. The van der Waals surface area contributed by atoms with E-state index < -0.39 is 5.82 Å². The average Bonchev–Trinajstić information content (AvgIpc) is 3.05. The molecule has 0 saturated heterocycles. The molecule has 0 radical (unpaired) electrons. The SMILES string of the molecule is Fc1cc(-c2nnc3n2NC(=Nc2cccc(Cl)c2Cl)CS3)c(Cl)cc1Cl. The molecule has 0 saturated carbocycles. The van der Waals surface area contributed by atoms with Gasteiger partial charge in [0.25, 0.3) is 0 Å². The minimum atomic E-state index is -0.600. The Morgan fingerprint density at radius 3 is 2.70 bits per heavy atom. The summed E-state index contributed by atoms with van der Waals surface area (Å²) in [6.07, 6.45) is 0. The second kappa shape index (κ2) is 7.48. The molecular formula is C16H8Cl4FN5S. The van der Waals surface area contributed by atoms with Gasteiger partial charge >= 0.3 is 0 Å². The van der Waals surface area contributed by atoms with Crippen molar-refractivity contribution in [1.29, 1.82) is 0 Å². The number of aliphatic imine (C=N–C) groups is 1. The van der Waals surface area contributed by atoms with Gasteiger partial charge in [-0.3, -0.25) is 5.43 Å². The molecule has 5 nitrogen and oxygen atoms in total. The number of nitrogens with one attached hydrogen (secondary N) is 1. The highest BCUT2D eigenvalue weighted by Crippen LogP contribution is 2.35. The molecule has 2 aromatic carbocycles. The van der Waals surface area contributed by atoms with Gasteiger partial charge in [-0.1, -0.05) is 64.2 Å². The zero-order valence-electron chi connectivity index (χ0n) is 13.2. The number of hydrogen-bond acceptors (Lipinski definition) is 4. The second-order valence-corrected chi connectivity index (χ2v) is 7.96. The van der Waals surface area contributed by atoms with Crippen molar-refractivity contribution >= 4 is 69.7 Å². The third-order valence-corrected chi connectivity index (χ3v) is 6.00. The summed E-state index contributed by atoms with van der Waals surface area (Å²) in [4.78, 5) is 4.51. The number of thioether (sulfide) groups is 1. The lowest BCUT2D eigenvalue weighted by atomic mass is 10.2. The lowest BCUT2D eigenvalue weighted by molar-refractivity contribution is 0.628. The van der Waals surface area contributed by atoms with Crippen molar-refractivity contribution in [3.63, 3.8) is 0 Å². The van der Waals surface area contributed by atoms with Crippen molar-refractivity contribution in [2.24, 2.45) is 4.99 Å². The molecular weight excluding hydrogens is 455 g/mol. The van der Waals surface area contributed by atoms with Gasteiger partial charge in [0.05, 0.1) is 31.5 Å². The molecule has 4 rings (SSSR count). The Bertz CT molecular complexity index is 1080. The van der Waals surface area contributed by atoms with Crippen LogP contribution >= 0.6 is 58.2 Å². The van der Waals surface area contributed by atoms with Crippen LogP contribution in [0.3, 0.4) is 0 Å². The molecule has 1 aromatic heterocycles. The first kappa shape index (κ1) is 18.8. The zero-order valence-corrected chi connectivity index (χ0v) is 17.0. The monoisotopic (exact) mass is 461 g/mol. The molecule has 11 heteroatoms. The lowest BCUT2D eigenvalue weighted by Crippen LogP contribution is -2.30. The summed E-state index contributed by atoms with van der Waals surface area (Å²) < 4.78 is 15.5. The van der Waals surface area contributed by atoms with E-state index in [0.717, 1.165) is 0 Å². The summed E-state index contributed by atoms with van der Waals surface area (Å²) in [6, 6.07) is 7.74. The van der Waals surface area contributed by atoms with E-state index in [9.17, 15) is 4.39 Å². The Hall–Kier alpha value is -1.51. The highest BCUT2D eigenvalue weighted by molar-refractivity contribution is 7.99. The van der Waals surface area contributed by atoms with E-state index in [1.807, 2.05) is 0 Å². The van der Waals surface area contributed by atoms with Crippen LogP contribution < -0.4 is 5.43 Å². The summed E-state index contributed by atoms with van der Waals surface area (Å²) in [5.74, 6) is 0.853. The number of hydrogen-bond donors (Lipinski definition) is 1. The molecule has 0 atom stereocenters. The van der Waals surface area contributed by atoms with Crippen molar-refractivity contribution in [3.05, 3.63) is 56.2 Å². The quantitative estimate of drug-likeness (QED) is 0.469. The molecule has 1 N–H and O–H groups in total. The van der Waals surface area contributed by atoms with Crippen LogP contribution in [0.25, 0.3) is 11.4 Å². The minimum Gasteiger partial charge on any atom is -0.276 e. The van der Waals surface area contributed by atoms with Crippen LogP contribution in [0.5, 0.6) is 0 Å². The number of benzene rings is 2. The van der Waals surface area contributed by atoms with Crippen LogP contribution in [0.2, 0.25) is 20.1 Å². The lowest BCUT2D eigenvalue weighted by Gasteiger charge is -2.19. The summed E-state index contributed by atoms with van der Waals surface area (Å²) in [5, 5.41) is 9.75. The van der Waals surface area contributed by atoms with Gasteiger partial charge in [0.1, 0.15) is 11.7 Å². The maximum absolute atomic E-state index is 13.9. The van der Waals surface area contributed by atoms with Gasteiger partial charge in [0, 0.05) is 5.56 Å². The van der Waals surface area contributed by atoms with E-state index >= 15 is 0 Å². The van der Waals surface area contributed by atoms with Crippen LogP contribution in [0.15, 0.2) is 40.5 Å². The number of halogens is 5. The molecule has 3 aromatic rings. The van der Waals surface area contributed by atoms with Gasteiger partial charge in [-0.25, -0.2) is 14.1 Å². The van der Waals surface area contributed by atoms with Crippen LogP contribution in [-0.4, -0.2) is 26.5 Å². The third-order valence-electron chi connectivity index (χ3n) is 3.65. The highest BCUT2D eigenvalue weighted by Gasteiger charge is 2.23. The minimum absolute atomic E-state index is 0.0673. The maximum Gasteiger partial charge on any atom is 0.211 e. The summed E-state index contributed by atoms with van der Waals surface area (Å²) in [6.45, 7) is 0. The second-order valence-electron chi connectivity index (χ2n) is 5.42. The van der Waals surface area contributed by atoms with Crippen molar-refractivity contribution in [1.82, 2.24) is 14.9 Å². The van der Waals surface area contributed by atoms with Gasteiger partial charge in [0.15, 0.2) is 5.82 Å². The van der Waals surface area contributed by atoms with Gasteiger partial charge < -0.3 is 0 Å². The maximum atomic E-state index is 13.9. The summed E-state index contributed by atoms with van der Waals surface area (Å²) >= 11 is 25.6. The normalized spacial score (nSPS) is 14.9. The molecule has 27 heavy (non-hydrogen) atoms. The van der Waals surface area contributed by atoms with Crippen molar-refractivity contribution in [3.8, 4) is 11.4 Å². The number of rotatable bonds is 2. The van der Waals surface area contributed by atoms with E-state index in [-0.39, 0.29) is 10.0 Å². The highest BCUT2D eigenvalue weighted by atomic mass is 35.5. The fourth-order valence-electron chi connectivity index (χ4n) is 2.41. The third kappa shape index (κ3) is 3.62. The number of fused-ring (bicyclic) bond motifs is 1. The van der Waals surface area contributed by atoms with Gasteiger partial charge in [-0.05, 0) is 24.3 Å². The predicted octanol–water partition coefficient (Wildman–Crippen LogP) is 6.08. The molecule has 0 aliphatic carbocycles. The van der Waals surface area contributed by atoms with Crippen LogP contribution in [0, 0.1) is 5.82 Å². The number of aromatic nitrogens is 3. The van der Waals surface area contributed by atoms with Crippen molar-refractivity contribution in [2.45, 2.75) is 5.16 Å². The van der Waals surface area contributed by atoms with E-state index in [0.29, 0.717) is 43.9 Å². The van der Waals surface area contributed by atoms with Crippen LogP contribution in [0.1, 0.15) is 0 Å². The standard InChI is InChI=1S/C16H8Cl4FN5S/c17-8-2-1-3-12(14(8)20)22-13-6-27-16-24-23-15(26(16)25-13)7-4-11(21)10(19)5-9(7)18/h1-5H,6H2,(H,22,25). The van der Waals surface area contributed by atoms with Gasteiger partial charge in [0.2, 0.25) is 5.16 Å². The predicted molar refractivity (Wildman–Crippen MR) is 109 cm³/mol. The van der Waals surface area contributed by atoms with Gasteiger partial charge in [-0.2, -0.15) is 0 Å². The molecule has 0 amide bonds. The first-order valence-electron chi connectivity index (χ1n) is 7.46. The van der Waals surface area contributed by atoms with Crippen molar-refractivity contribution < 1.29 is 4.39 Å². The fraction of sp³-hybridized carbons (Fsp3) is 0.0625. The van der Waals surface area contributed by atoms with E-state index in [2.05, 4.69) is 20.6 Å². The Kier molecular flexibility index (Phi) is 5.22. The average molecular weight is 463 g/mol. The Balaban J connectivity index is 1.74. The molecule has 1 aliphatic rings. The molecule has 0 unspecified atom stereocenters. The molecule has 0 fully saturated rings. The van der Waals surface area contributed by atoms with Gasteiger partial charge in [-0.15, -0.1) is 10.2 Å². The molecule has 0 spiro atoms. The zero-order chi connectivity index (χ0) is 19.1. The Labute approximate surface area is 177 Å². The fourth-order valence-corrected chi connectivity index (χ4v) is 3.97. The Morgan fingerprint density at radius 1 is 1.07 bits per heavy atom. The molecule has 2 heterocycles. The smallest absolute Gasteiger partial charge is 0.211 e. The van der Waals surface area contributed by atoms with Crippen molar-refractivity contribution in [2.75, 3.05) is 11.2 Å². The number of amidine groups is 1. The molecule has 1 aliphatic heterocycles. The first-order valence-corrected chi connectivity index (χ1v) is 9.95. The van der Waals surface area contributed by atoms with E-state index in [4.69, 9.17) is 46.4 Å². The van der Waals surface area contributed by atoms with Crippen LogP contribution in [-0.2, 0) is 0 Å². The number of nitrogens with zero attached hydrogens (tertiary/aromatic N) is 4. The topological polar surface area (TPSA) is 55.1 Å². The molecule has 138 valence electrons. The summed E-state index contributed by atoms with van der Waals surface area (Å²) in [5.41, 5.74) is 3.99. The first-order chi connectivity index (χ1) is 12.9. The van der Waals surface area contributed by atoms with E-state index in [1.54, 1.807) is 22.9 Å². The van der Waals surface area contributed by atoms with E-state index in [1.165, 1.54) is 23.9 Å². The van der Waals surface area contributed by atoms with Crippen LogP contribution in [0.4, 0.5) is 10.1 Å². The Morgan fingerprint density at radius 2 is 1.89 bits per heavy atom. The largest absolute Gasteiger partial charge is 0.276 e. The summed E-state index contributed by atoms with van der Waals surface area (Å²) in [7, 11) is 0.